The first-order valence-corrected chi connectivity index (χ1v) is 7.96. The Bertz CT molecular complexity index is 763. The van der Waals surface area contributed by atoms with E-state index < -0.39 is 6.10 Å². The molecule has 1 aromatic heterocycles. The fraction of sp³-hybridized carbons (Fsp3) is 0.471. The number of benzene rings is 1. The number of carbonyl (C=O) groups is 1. The van der Waals surface area contributed by atoms with Crippen molar-refractivity contribution in [2.75, 3.05) is 10.6 Å². The van der Waals surface area contributed by atoms with Gasteiger partial charge in [0.05, 0.1) is 5.69 Å². The molecule has 128 valence electrons. The van der Waals surface area contributed by atoms with Gasteiger partial charge in [0, 0.05) is 11.1 Å². The molecule has 0 bridgehead atoms. The van der Waals surface area contributed by atoms with Crippen LogP contribution in [0.2, 0.25) is 0 Å². The highest BCUT2D eigenvalue weighted by molar-refractivity contribution is 5.98. The second kappa shape index (κ2) is 5.81. The first-order chi connectivity index (χ1) is 11.2. The summed E-state index contributed by atoms with van der Waals surface area (Å²) < 4.78 is 10.9. The van der Waals surface area contributed by atoms with Gasteiger partial charge in [-0.15, -0.1) is 0 Å². The largest absolute Gasteiger partial charge is 0.479 e. The van der Waals surface area contributed by atoms with Crippen LogP contribution in [0.5, 0.6) is 5.75 Å². The van der Waals surface area contributed by atoms with Crippen LogP contribution < -0.4 is 15.4 Å². The van der Waals surface area contributed by atoms with Crippen LogP contribution in [0.15, 0.2) is 22.7 Å². The number of amides is 1. The Hall–Kier alpha value is -2.57. The van der Waals surface area contributed by atoms with E-state index in [1.165, 1.54) is 0 Å². The molecule has 7 nitrogen and oxygen atoms in total. The predicted octanol–water partition coefficient (Wildman–Crippen LogP) is 3.26. The van der Waals surface area contributed by atoms with Gasteiger partial charge in [-0.1, -0.05) is 25.9 Å². The summed E-state index contributed by atoms with van der Waals surface area (Å²) in [4.78, 5) is 16.2. The quantitative estimate of drug-likeness (QED) is 0.898. The summed E-state index contributed by atoms with van der Waals surface area (Å²) >= 11 is 0. The van der Waals surface area contributed by atoms with E-state index in [2.05, 4.69) is 20.8 Å². The van der Waals surface area contributed by atoms with Gasteiger partial charge < -0.3 is 19.9 Å². The summed E-state index contributed by atoms with van der Waals surface area (Å²) in [7, 11) is 0. The number of anilines is 2. The molecule has 7 heteroatoms. The molecule has 0 spiro atoms. The maximum absolute atomic E-state index is 11.7. The number of carbonyl (C=O) groups excluding carboxylic acids is 1. The van der Waals surface area contributed by atoms with E-state index >= 15 is 0 Å². The van der Waals surface area contributed by atoms with E-state index in [-0.39, 0.29) is 17.4 Å². The summed E-state index contributed by atoms with van der Waals surface area (Å²) in [6, 6.07) is 5.39. The SMILES string of the molecule is CC1Oc2ccc(NC(C)c3nc(C(C)(C)C)no3)cc2NC1=O. The number of hydrogen-bond donors (Lipinski definition) is 2. The number of nitrogens with one attached hydrogen (secondary N) is 2. The first-order valence-electron chi connectivity index (χ1n) is 7.96. The maximum Gasteiger partial charge on any atom is 0.265 e. The van der Waals surface area contributed by atoms with E-state index in [1.54, 1.807) is 6.92 Å². The second-order valence-corrected chi connectivity index (χ2v) is 7.03. The highest BCUT2D eigenvalue weighted by atomic mass is 16.5. The van der Waals surface area contributed by atoms with Crippen LogP contribution >= 0.6 is 0 Å². The van der Waals surface area contributed by atoms with Gasteiger partial charge in [-0.05, 0) is 32.0 Å². The van der Waals surface area contributed by atoms with Gasteiger partial charge in [-0.3, -0.25) is 4.79 Å². The Morgan fingerprint density at radius 3 is 2.75 bits per heavy atom. The fourth-order valence-electron chi connectivity index (χ4n) is 2.33. The normalized spacial score (nSPS) is 18.4. The van der Waals surface area contributed by atoms with Gasteiger partial charge in [0.2, 0.25) is 5.89 Å². The highest BCUT2D eigenvalue weighted by Crippen LogP contribution is 2.33. The van der Waals surface area contributed by atoms with E-state index in [9.17, 15) is 4.79 Å². The van der Waals surface area contributed by atoms with Gasteiger partial charge in [-0.25, -0.2) is 0 Å². The van der Waals surface area contributed by atoms with Crippen molar-refractivity contribution >= 4 is 17.3 Å². The molecule has 1 aromatic carbocycles. The number of aromatic nitrogens is 2. The van der Waals surface area contributed by atoms with E-state index in [1.807, 2.05) is 45.9 Å². The molecule has 1 aliphatic rings. The minimum absolute atomic E-state index is 0.153. The van der Waals surface area contributed by atoms with E-state index in [0.29, 0.717) is 23.2 Å². The zero-order valence-electron chi connectivity index (χ0n) is 14.5. The number of hydrogen-bond acceptors (Lipinski definition) is 6. The third-order valence-corrected chi connectivity index (χ3v) is 3.78. The molecule has 2 heterocycles. The topological polar surface area (TPSA) is 89.3 Å². The number of fused-ring (bicyclic) bond motifs is 1. The van der Waals surface area contributed by atoms with Crippen molar-refractivity contribution in [3.8, 4) is 5.75 Å². The standard InChI is InChI=1S/C17H22N4O3/c1-9(15-20-16(21-24-15)17(3,4)5)18-11-6-7-13-12(8-11)19-14(22)10(2)23-13/h6-10,18H,1-5H3,(H,19,22). The summed E-state index contributed by atoms with van der Waals surface area (Å²) in [5.41, 5.74) is 1.32. The van der Waals surface area contributed by atoms with Crippen molar-refractivity contribution in [1.29, 1.82) is 0 Å². The molecule has 2 aromatic rings. The van der Waals surface area contributed by atoms with Gasteiger partial charge in [0.25, 0.3) is 5.91 Å². The summed E-state index contributed by atoms with van der Waals surface area (Å²) in [5.74, 6) is 1.70. The smallest absolute Gasteiger partial charge is 0.265 e. The lowest BCUT2D eigenvalue weighted by atomic mass is 9.96. The maximum atomic E-state index is 11.7. The molecule has 3 rings (SSSR count). The van der Waals surface area contributed by atoms with Crippen molar-refractivity contribution in [2.24, 2.45) is 0 Å². The molecule has 2 N–H and O–H groups in total. The average Bonchev–Trinajstić information content (AvgIpc) is 2.99. The molecule has 24 heavy (non-hydrogen) atoms. The molecule has 0 aliphatic carbocycles. The predicted molar refractivity (Wildman–Crippen MR) is 90.2 cm³/mol. The summed E-state index contributed by atoms with van der Waals surface area (Å²) in [5, 5.41) is 10.2. The lowest BCUT2D eigenvalue weighted by Gasteiger charge is -2.24. The van der Waals surface area contributed by atoms with Crippen LogP contribution in [0.25, 0.3) is 0 Å². The Balaban J connectivity index is 1.75. The van der Waals surface area contributed by atoms with Gasteiger partial charge in [0.1, 0.15) is 11.8 Å². The lowest BCUT2D eigenvalue weighted by Crippen LogP contribution is -2.34. The molecule has 0 saturated carbocycles. The van der Waals surface area contributed by atoms with Crippen molar-refractivity contribution in [3.63, 3.8) is 0 Å². The molecule has 2 atom stereocenters. The molecule has 2 unspecified atom stereocenters. The summed E-state index contributed by atoms with van der Waals surface area (Å²) in [6.07, 6.45) is -0.482. The van der Waals surface area contributed by atoms with Crippen LogP contribution in [-0.4, -0.2) is 22.2 Å². The lowest BCUT2D eigenvalue weighted by molar-refractivity contribution is -0.122. The third-order valence-electron chi connectivity index (χ3n) is 3.78. The molecule has 0 fully saturated rings. The van der Waals surface area contributed by atoms with Crippen LogP contribution in [0.1, 0.15) is 52.4 Å². The Labute approximate surface area is 140 Å². The fourth-order valence-corrected chi connectivity index (χ4v) is 2.33. The minimum atomic E-state index is -0.482. The molecular formula is C17H22N4O3. The number of ether oxygens (including phenoxy) is 1. The number of rotatable bonds is 3. The van der Waals surface area contributed by atoms with Crippen molar-refractivity contribution in [2.45, 2.75) is 52.2 Å². The van der Waals surface area contributed by atoms with Gasteiger partial charge in [0.15, 0.2) is 11.9 Å². The van der Waals surface area contributed by atoms with Crippen LogP contribution in [0.3, 0.4) is 0 Å². The summed E-state index contributed by atoms with van der Waals surface area (Å²) in [6.45, 7) is 9.76. The monoisotopic (exact) mass is 330 g/mol. The van der Waals surface area contributed by atoms with Crippen molar-refractivity contribution in [1.82, 2.24) is 10.1 Å². The Morgan fingerprint density at radius 2 is 2.08 bits per heavy atom. The van der Waals surface area contributed by atoms with Gasteiger partial charge >= 0.3 is 0 Å². The van der Waals surface area contributed by atoms with E-state index in [0.717, 1.165) is 5.69 Å². The van der Waals surface area contributed by atoms with Crippen LogP contribution in [-0.2, 0) is 10.2 Å². The Morgan fingerprint density at radius 1 is 1.33 bits per heavy atom. The Kier molecular flexibility index (Phi) is 3.95. The molecule has 1 amide bonds. The molecule has 0 radical (unpaired) electrons. The number of nitrogens with zero attached hydrogens (tertiary/aromatic N) is 2. The zero-order chi connectivity index (χ0) is 17.5. The van der Waals surface area contributed by atoms with E-state index in [4.69, 9.17) is 9.26 Å². The molecule has 1 aliphatic heterocycles. The first kappa shape index (κ1) is 16.3. The zero-order valence-corrected chi connectivity index (χ0v) is 14.5. The van der Waals surface area contributed by atoms with Crippen LogP contribution in [0.4, 0.5) is 11.4 Å². The average molecular weight is 330 g/mol. The second-order valence-electron chi connectivity index (χ2n) is 7.03. The van der Waals surface area contributed by atoms with Crippen molar-refractivity contribution in [3.05, 3.63) is 29.9 Å². The van der Waals surface area contributed by atoms with Crippen LogP contribution in [0, 0.1) is 0 Å². The van der Waals surface area contributed by atoms with Gasteiger partial charge in [-0.2, -0.15) is 4.98 Å². The molecular weight excluding hydrogens is 308 g/mol. The molecule has 0 saturated heterocycles. The van der Waals surface area contributed by atoms with Crippen molar-refractivity contribution < 1.29 is 14.1 Å². The third kappa shape index (κ3) is 3.20. The highest BCUT2D eigenvalue weighted by Gasteiger charge is 2.25. The minimum Gasteiger partial charge on any atom is -0.479 e.